The number of rotatable bonds is 13. The molecule has 1 unspecified atom stereocenters. The smallest absolute Gasteiger partial charge is 0.332 e. The van der Waals surface area contributed by atoms with Crippen LogP contribution in [0, 0.1) is 17.5 Å². The normalized spacial score (nSPS) is 19.2. The number of halogens is 9. The number of nitrogens with two attached hydrogens (primary N) is 1. The molecule has 5 N–H and O–H groups in total. The molecule has 1 aliphatic carbocycles. The molecule has 3 aromatic rings. The number of carbonyl (C=O) groups excluding carboxylic acids is 3. The van der Waals surface area contributed by atoms with Crippen molar-refractivity contribution in [1.82, 2.24) is 25.5 Å². The van der Waals surface area contributed by atoms with E-state index in [1.54, 1.807) is 0 Å². The molecule has 1 fully saturated rings. The highest BCUT2D eigenvalue weighted by molar-refractivity contribution is 5.94. The number of hydrogen-bond acceptors (Lipinski definition) is 7. The van der Waals surface area contributed by atoms with E-state index in [0.29, 0.717) is 19.2 Å². The van der Waals surface area contributed by atoms with Gasteiger partial charge in [0, 0.05) is 56.8 Å². The summed E-state index contributed by atoms with van der Waals surface area (Å²) in [5.74, 6) is -13.7. The molecular formula is C34H31F9N9O3+. The molecular weight excluding hydrogens is 753 g/mol. The van der Waals surface area contributed by atoms with Crippen molar-refractivity contribution in [3.8, 4) is 11.1 Å². The number of nitrogens with one attached hydrogen (secondary N) is 3. The van der Waals surface area contributed by atoms with Gasteiger partial charge in [0.15, 0.2) is 0 Å². The maximum atomic E-state index is 15.1. The minimum Gasteiger partial charge on any atom is -0.366 e. The summed E-state index contributed by atoms with van der Waals surface area (Å²) in [5.41, 5.74) is 1.48. The number of urea groups is 1. The zero-order valence-electron chi connectivity index (χ0n) is 28.4. The maximum Gasteiger partial charge on any atom is 0.332 e. The van der Waals surface area contributed by atoms with Crippen molar-refractivity contribution in [3.63, 3.8) is 0 Å². The standard InChI is InChI=1S/C34H30F9N9O3/c35-18-9-16(10-19(36)13-18)11-23(48-24(53)15-52-28-25(27(50-52)29(38)39)33(40,41)3-4-34(28,42)43)26-21(17-1-2-22(37)20(12-17)30(44)54)14-47-31(49-26)45-5-7-51-8-6-46-32(51)55/h1-2,9-10,12-14,23,27,29H,3-8,11,15H2,(H4-,44,45,46,47,48,49,53,54,55)/p+1/t23-,27?/m0/s1. The van der Waals surface area contributed by atoms with E-state index >= 15 is 8.78 Å². The fraction of sp³-hybridized carbons (Fsp3) is 0.382. The van der Waals surface area contributed by atoms with Crippen molar-refractivity contribution in [3.05, 3.63) is 88.1 Å². The van der Waals surface area contributed by atoms with Gasteiger partial charge in [0.1, 0.15) is 23.0 Å². The second-order valence-corrected chi connectivity index (χ2v) is 12.9. The highest BCUT2D eigenvalue weighted by atomic mass is 19.3. The molecule has 3 aliphatic rings. The van der Waals surface area contributed by atoms with Crippen LogP contribution in [0.15, 0.2) is 59.0 Å². The summed E-state index contributed by atoms with van der Waals surface area (Å²) in [7, 11) is 0. The number of hydrogen-bond donors (Lipinski definition) is 4. The van der Waals surface area contributed by atoms with E-state index in [2.05, 4.69) is 31.0 Å². The fourth-order valence-corrected chi connectivity index (χ4v) is 6.62. The number of benzene rings is 2. The Morgan fingerprint density at radius 3 is 2.40 bits per heavy atom. The zero-order chi connectivity index (χ0) is 39.8. The van der Waals surface area contributed by atoms with E-state index in [9.17, 15) is 45.1 Å². The molecule has 4 amide bonds. The highest BCUT2D eigenvalue weighted by Gasteiger charge is 2.64. The first kappa shape index (κ1) is 38.9. The average molecular weight is 785 g/mol. The summed E-state index contributed by atoms with van der Waals surface area (Å²) < 4.78 is 131. The summed E-state index contributed by atoms with van der Waals surface area (Å²) in [6.45, 7) is -0.144. The van der Waals surface area contributed by atoms with Crippen molar-refractivity contribution in [2.24, 2.45) is 10.8 Å². The van der Waals surface area contributed by atoms with Gasteiger partial charge in [0.2, 0.25) is 12.0 Å². The van der Waals surface area contributed by atoms with Crippen LogP contribution in [0.1, 0.15) is 40.5 Å². The summed E-state index contributed by atoms with van der Waals surface area (Å²) in [4.78, 5) is 47.9. The Morgan fingerprint density at radius 1 is 1.04 bits per heavy atom. The minimum atomic E-state index is -4.08. The fourth-order valence-electron chi connectivity index (χ4n) is 6.62. The van der Waals surface area contributed by atoms with Gasteiger partial charge >= 0.3 is 12.0 Å². The van der Waals surface area contributed by atoms with Crippen LogP contribution in [-0.2, 0) is 11.2 Å². The molecule has 0 bridgehead atoms. The van der Waals surface area contributed by atoms with Crippen molar-refractivity contribution in [1.29, 1.82) is 0 Å². The van der Waals surface area contributed by atoms with Gasteiger partial charge < -0.3 is 26.6 Å². The number of aromatic nitrogens is 2. The van der Waals surface area contributed by atoms with E-state index in [1.807, 2.05) is 0 Å². The Bertz CT molecular complexity index is 2080. The van der Waals surface area contributed by atoms with E-state index in [1.165, 1.54) is 17.2 Å². The van der Waals surface area contributed by atoms with E-state index in [-0.39, 0.29) is 52.2 Å². The van der Waals surface area contributed by atoms with Crippen LogP contribution in [0.4, 0.5) is 50.3 Å². The molecule has 0 spiro atoms. The lowest BCUT2D eigenvalue weighted by Crippen LogP contribution is -2.42. The van der Waals surface area contributed by atoms with Gasteiger partial charge in [-0.1, -0.05) is 10.8 Å². The average Bonchev–Trinajstić information content (AvgIpc) is 3.71. The van der Waals surface area contributed by atoms with Crippen LogP contribution in [0.3, 0.4) is 0 Å². The van der Waals surface area contributed by atoms with Gasteiger partial charge in [0.25, 0.3) is 36.4 Å². The van der Waals surface area contributed by atoms with Gasteiger partial charge in [-0.25, -0.2) is 45.5 Å². The zero-order valence-corrected chi connectivity index (χ0v) is 28.4. The topological polar surface area (TPSA) is 158 Å². The largest absolute Gasteiger partial charge is 0.366 e. The number of allylic oxidation sites excluding steroid dienone is 1. The Kier molecular flexibility index (Phi) is 10.7. The summed E-state index contributed by atoms with van der Waals surface area (Å²) in [6, 6.07) is 1.09. The number of nitrogens with zero attached hydrogens (tertiary/aromatic N) is 5. The first-order chi connectivity index (χ1) is 25.9. The Hall–Kier alpha value is -5.76. The first-order valence-corrected chi connectivity index (χ1v) is 16.7. The summed E-state index contributed by atoms with van der Waals surface area (Å²) in [6.07, 6.45) is -5.75. The lowest BCUT2D eigenvalue weighted by Gasteiger charge is -2.27. The van der Waals surface area contributed by atoms with E-state index in [0.717, 1.165) is 24.3 Å². The second kappa shape index (κ2) is 15.2. The molecule has 3 heterocycles. The van der Waals surface area contributed by atoms with E-state index < -0.39 is 102 Å². The lowest BCUT2D eigenvalue weighted by molar-refractivity contribution is -0.549. The molecule has 12 nitrogen and oxygen atoms in total. The molecule has 2 atom stereocenters. The maximum absolute atomic E-state index is 15.1. The van der Waals surface area contributed by atoms with E-state index in [4.69, 9.17) is 5.73 Å². The van der Waals surface area contributed by atoms with Crippen molar-refractivity contribution >= 4 is 23.8 Å². The monoisotopic (exact) mass is 784 g/mol. The van der Waals surface area contributed by atoms with Crippen LogP contribution in [0.25, 0.3) is 11.1 Å². The van der Waals surface area contributed by atoms with Crippen molar-refractivity contribution in [2.45, 2.75) is 49.6 Å². The molecule has 1 aromatic heterocycles. The van der Waals surface area contributed by atoms with Crippen LogP contribution in [-0.4, -0.2) is 94.4 Å². The predicted molar refractivity (Wildman–Crippen MR) is 174 cm³/mol. The number of azo groups is 2. The second-order valence-electron chi connectivity index (χ2n) is 12.9. The minimum absolute atomic E-state index is 0.00113. The number of amides is 4. The molecule has 0 radical (unpaired) electrons. The SMILES string of the molecule is NC(=O)c1cc(-c2cnc(NCCN3CCNC3=O)nc2[C@H](Cc2cc(F)cc(F)c2)NC(=O)C[N+]2=NC(C(F)F)C3=C2C(F)(F)CCC3(F)F)ccc1F. The summed E-state index contributed by atoms with van der Waals surface area (Å²) >= 11 is 0. The quantitative estimate of drug-likeness (QED) is 0.142. The third-order valence-corrected chi connectivity index (χ3v) is 9.10. The van der Waals surface area contributed by atoms with Crippen molar-refractivity contribution < 1.29 is 58.6 Å². The van der Waals surface area contributed by atoms with Gasteiger partial charge in [-0.15, -0.1) is 0 Å². The van der Waals surface area contributed by atoms with Crippen LogP contribution < -0.4 is 21.7 Å². The number of anilines is 1. The van der Waals surface area contributed by atoms with Crippen LogP contribution in [0.2, 0.25) is 0 Å². The highest BCUT2D eigenvalue weighted by Crippen LogP contribution is 2.51. The number of alkyl halides is 6. The number of primary amides is 1. The third-order valence-electron chi connectivity index (χ3n) is 9.10. The lowest BCUT2D eigenvalue weighted by atomic mass is 9.86. The molecule has 55 heavy (non-hydrogen) atoms. The van der Waals surface area contributed by atoms with Gasteiger partial charge in [0.05, 0.1) is 17.3 Å². The molecule has 0 saturated carbocycles. The first-order valence-electron chi connectivity index (χ1n) is 16.7. The Morgan fingerprint density at radius 2 is 1.75 bits per heavy atom. The predicted octanol–water partition coefficient (Wildman–Crippen LogP) is 4.93. The molecule has 292 valence electrons. The number of carbonyl (C=O) groups is 3. The Labute approximate surface area is 305 Å². The van der Waals surface area contributed by atoms with Gasteiger partial charge in [-0.05, 0) is 46.9 Å². The Balaban J connectivity index is 1.41. The van der Waals surface area contributed by atoms with Gasteiger partial charge in [-0.3, -0.25) is 9.59 Å². The van der Waals surface area contributed by atoms with Crippen LogP contribution >= 0.6 is 0 Å². The van der Waals surface area contributed by atoms with Gasteiger partial charge in [-0.2, -0.15) is 8.78 Å². The summed E-state index contributed by atoms with van der Waals surface area (Å²) in [5, 5.41) is 11.4. The van der Waals surface area contributed by atoms with Crippen LogP contribution in [0.5, 0.6) is 0 Å². The molecule has 2 aliphatic heterocycles. The molecule has 1 saturated heterocycles. The molecule has 6 rings (SSSR count). The molecule has 2 aromatic carbocycles. The third kappa shape index (κ3) is 8.34. The van der Waals surface area contributed by atoms with Crippen molar-refractivity contribution in [2.75, 3.05) is 38.0 Å². The molecule has 21 heteroatoms.